The van der Waals surface area contributed by atoms with Gasteiger partial charge >= 0.3 is 11.9 Å². The first-order chi connectivity index (χ1) is 6.66. The van der Waals surface area contributed by atoms with Crippen LogP contribution in [0.2, 0.25) is 0 Å². The van der Waals surface area contributed by atoms with Crippen LogP contribution in [0.15, 0.2) is 23.3 Å². The summed E-state index contributed by atoms with van der Waals surface area (Å²) in [5.41, 5.74) is 0.316. The molecule has 0 saturated heterocycles. The molecule has 1 N–H and O–H groups in total. The molecule has 76 valence electrons. The predicted molar refractivity (Wildman–Crippen MR) is 49.7 cm³/mol. The Hall–Kier alpha value is -1.58. The van der Waals surface area contributed by atoms with E-state index in [2.05, 4.69) is 4.74 Å². The number of carboxylic acid groups (broad SMARTS) is 1. The zero-order valence-electron chi connectivity index (χ0n) is 7.95. The summed E-state index contributed by atoms with van der Waals surface area (Å²) in [5.74, 6) is -1.97. The Morgan fingerprint density at radius 3 is 2.71 bits per heavy atom. The standard InChI is InChI=1S/C10H12O4/c1-2-14-10(13)8(9(11)12)7-5-3-4-6-7/h3,5H,2,4,6H2,1H3,(H,11,12). The summed E-state index contributed by atoms with van der Waals surface area (Å²) in [6.07, 6.45) is 4.89. The highest BCUT2D eigenvalue weighted by molar-refractivity contribution is 6.14. The molecule has 0 amide bonds. The summed E-state index contributed by atoms with van der Waals surface area (Å²) < 4.78 is 4.67. The number of carbonyl (C=O) groups excluding carboxylic acids is 1. The molecule has 0 heterocycles. The van der Waals surface area contributed by atoms with Crippen molar-refractivity contribution in [2.45, 2.75) is 19.8 Å². The molecular formula is C10H12O4. The summed E-state index contributed by atoms with van der Waals surface area (Å²) in [6, 6.07) is 0. The van der Waals surface area contributed by atoms with Gasteiger partial charge in [-0.15, -0.1) is 0 Å². The zero-order valence-corrected chi connectivity index (χ0v) is 7.95. The lowest BCUT2D eigenvalue weighted by Crippen LogP contribution is -2.17. The molecule has 0 atom stereocenters. The first-order valence-electron chi connectivity index (χ1n) is 4.47. The van der Waals surface area contributed by atoms with E-state index in [0.29, 0.717) is 12.0 Å². The minimum absolute atomic E-state index is 0.187. The lowest BCUT2D eigenvalue weighted by molar-refractivity contribution is -0.143. The monoisotopic (exact) mass is 196 g/mol. The van der Waals surface area contributed by atoms with Crippen molar-refractivity contribution in [1.82, 2.24) is 0 Å². The molecular weight excluding hydrogens is 184 g/mol. The fourth-order valence-electron chi connectivity index (χ4n) is 1.32. The maximum Gasteiger partial charge on any atom is 0.345 e. The topological polar surface area (TPSA) is 63.6 Å². The van der Waals surface area contributed by atoms with Crippen LogP contribution < -0.4 is 0 Å². The molecule has 1 aliphatic carbocycles. The molecule has 0 aromatic rings. The molecule has 0 aliphatic heterocycles. The number of aliphatic carboxylic acids is 1. The highest BCUT2D eigenvalue weighted by atomic mass is 16.5. The largest absolute Gasteiger partial charge is 0.477 e. The van der Waals surface area contributed by atoms with Gasteiger partial charge in [0.2, 0.25) is 0 Å². The molecule has 14 heavy (non-hydrogen) atoms. The van der Waals surface area contributed by atoms with Gasteiger partial charge in [0, 0.05) is 0 Å². The molecule has 0 spiro atoms. The number of esters is 1. The van der Waals surface area contributed by atoms with Crippen molar-refractivity contribution in [2.75, 3.05) is 6.61 Å². The minimum Gasteiger partial charge on any atom is -0.477 e. The second-order valence-corrected chi connectivity index (χ2v) is 2.87. The first kappa shape index (κ1) is 10.5. The number of rotatable bonds is 3. The molecule has 4 heteroatoms. The molecule has 0 aromatic heterocycles. The highest BCUT2D eigenvalue weighted by Gasteiger charge is 2.23. The van der Waals surface area contributed by atoms with Crippen molar-refractivity contribution in [3.8, 4) is 0 Å². The summed E-state index contributed by atoms with van der Waals surface area (Å²) in [5, 5.41) is 8.84. The minimum atomic E-state index is -1.22. The molecule has 1 rings (SSSR count). The van der Waals surface area contributed by atoms with Crippen LogP contribution in [0.3, 0.4) is 0 Å². The Morgan fingerprint density at radius 1 is 1.57 bits per heavy atom. The predicted octanol–water partition coefficient (Wildman–Crippen LogP) is 1.28. The van der Waals surface area contributed by atoms with Crippen LogP contribution >= 0.6 is 0 Å². The number of carboxylic acids is 1. The highest BCUT2D eigenvalue weighted by Crippen LogP contribution is 2.21. The van der Waals surface area contributed by atoms with Crippen LogP contribution in [0, 0.1) is 0 Å². The third kappa shape index (κ3) is 2.22. The van der Waals surface area contributed by atoms with Gasteiger partial charge in [0.1, 0.15) is 5.57 Å². The van der Waals surface area contributed by atoms with E-state index in [4.69, 9.17) is 5.11 Å². The van der Waals surface area contributed by atoms with Crippen molar-refractivity contribution in [1.29, 1.82) is 0 Å². The average molecular weight is 196 g/mol. The normalized spacial score (nSPS) is 18.1. The molecule has 0 fully saturated rings. The van der Waals surface area contributed by atoms with Crippen LogP contribution in [0.1, 0.15) is 19.8 Å². The number of hydrogen-bond acceptors (Lipinski definition) is 3. The van der Waals surface area contributed by atoms with Crippen LogP contribution in [0.25, 0.3) is 0 Å². The van der Waals surface area contributed by atoms with Crippen LogP contribution in [0.5, 0.6) is 0 Å². The maximum atomic E-state index is 11.3. The number of carbonyl (C=O) groups is 2. The number of hydrogen-bond donors (Lipinski definition) is 1. The van der Waals surface area contributed by atoms with Crippen LogP contribution in [0.4, 0.5) is 0 Å². The van der Waals surface area contributed by atoms with E-state index in [0.717, 1.165) is 6.42 Å². The number of allylic oxidation sites excluding steroid dienone is 3. The SMILES string of the molecule is CCOC(=O)C(C(=O)O)=C1C=CCC1. The fourth-order valence-corrected chi connectivity index (χ4v) is 1.32. The van der Waals surface area contributed by atoms with Crippen LogP contribution in [-0.2, 0) is 14.3 Å². The van der Waals surface area contributed by atoms with Crippen molar-refractivity contribution >= 4 is 11.9 Å². The summed E-state index contributed by atoms with van der Waals surface area (Å²) in [6.45, 7) is 1.83. The second-order valence-electron chi connectivity index (χ2n) is 2.87. The molecule has 0 saturated carbocycles. The van der Waals surface area contributed by atoms with Crippen LogP contribution in [-0.4, -0.2) is 23.7 Å². The van der Waals surface area contributed by atoms with Crippen molar-refractivity contribution < 1.29 is 19.4 Å². The van der Waals surface area contributed by atoms with Crippen molar-refractivity contribution in [2.24, 2.45) is 0 Å². The molecule has 1 aliphatic rings. The molecule has 0 unspecified atom stereocenters. The van der Waals surface area contributed by atoms with Crippen molar-refractivity contribution in [3.05, 3.63) is 23.3 Å². The maximum absolute atomic E-state index is 11.3. The van der Waals surface area contributed by atoms with Gasteiger partial charge in [0.25, 0.3) is 0 Å². The third-order valence-corrected chi connectivity index (χ3v) is 1.91. The van der Waals surface area contributed by atoms with E-state index >= 15 is 0 Å². The van der Waals surface area contributed by atoms with E-state index in [9.17, 15) is 9.59 Å². The van der Waals surface area contributed by atoms with E-state index < -0.39 is 11.9 Å². The van der Waals surface area contributed by atoms with Gasteiger partial charge < -0.3 is 9.84 Å². The Morgan fingerprint density at radius 2 is 2.29 bits per heavy atom. The summed E-state index contributed by atoms with van der Waals surface area (Å²) in [4.78, 5) is 22.1. The first-order valence-corrected chi connectivity index (χ1v) is 4.47. The Labute approximate surface area is 81.9 Å². The number of ether oxygens (including phenoxy) is 1. The Kier molecular flexibility index (Phi) is 3.45. The van der Waals surface area contributed by atoms with E-state index in [1.165, 1.54) is 0 Å². The van der Waals surface area contributed by atoms with Gasteiger partial charge in [0.05, 0.1) is 6.61 Å². The van der Waals surface area contributed by atoms with Crippen molar-refractivity contribution in [3.63, 3.8) is 0 Å². The van der Waals surface area contributed by atoms with E-state index in [1.807, 2.05) is 6.08 Å². The molecule has 0 aromatic carbocycles. The van der Waals surface area contributed by atoms with Gasteiger partial charge in [0.15, 0.2) is 0 Å². The summed E-state index contributed by atoms with van der Waals surface area (Å²) in [7, 11) is 0. The van der Waals surface area contributed by atoms with Gasteiger partial charge in [-0.1, -0.05) is 12.2 Å². The van der Waals surface area contributed by atoms with E-state index in [-0.39, 0.29) is 12.2 Å². The fraction of sp³-hybridized carbons (Fsp3) is 0.400. The van der Waals surface area contributed by atoms with E-state index in [1.54, 1.807) is 13.0 Å². The Bertz CT molecular complexity index is 312. The average Bonchev–Trinajstić information content (AvgIpc) is 2.57. The van der Waals surface area contributed by atoms with Gasteiger partial charge in [-0.25, -0.2) is 9.59 Å². The zero-order chi connectivity index (χ0) is 10.6. The van der Waals surface area contributed by atoms with Gasteiger partial charge in [-0.3, -0.25) is 0 Å². The summed E-state index contributed by atoms with van der Waals surface area (Å²) >= 11 is 0. The quantitative estimate of drug-likeness (QED) is 0.319. The molecule has 0 radical (unpaired) electrons. The molecule has 4 nitrogen and oxygen atoms in total. The third-order valence-electron chi connectivity index (χ3n) is 1.91. The lowest BCUT2D eigenvalue weighted by atomic mass is 10.1. The Balaban J connectivity index is 2.95. The second kappa shape index (κ2) is 4.60. The van der Waals surface area contributed by atoms with Gasteiger partial charge in [-0.2, -0.15) is 0 Å². The smallest absolute Gasteiger partial charge is 0.345 e. The van der Waals surface area contributed by atoms with Gasteiger partial charge in [-0.05, 0) is 25.3 Å². The lowest BCUT2D eigenvalue weighted by Gasteiger charge is -2.04. The molecule has 0 bridgehead atoms.